The van der Waals surface area contributed by atoms with Crippen molar-refractivity contribution in [2.75, 3.05) is 11.9 Å². The normalized spacial score (nSPS) is 14.3. The highest BCUT2D eigenvalue weighted by molar-refractivity contribution is 5.89. The molecule has 0 fully saturated rings. The zero-order chi connectivity index (χ0) is 22.1. The van der Waals surface area contributed by atoms with Crippen LogP contribution in [0.15, 0.2) is 77.7 Å². The number of carbonyl (C=O) groups is 1. The molecule has 0 unspecified atom stereocenters. The number of carbonyl (C=O) groups excluding carboxylic acids is 1. The van der Waals surface area contributed by atoms with Gasteiger partial charge in [-0.15, -0.1) is 5.10 Å². The van der Waals surface area contributed by atoms with Gasteiger partial charge in [-0.1, -0.05) is 49.4 Å². The maximum absolute atomic E-state index is 12.5. The molecule has 0 radical (unpaired) electrons. The lowest BCUT2D eigenvalue weighted by atomic mass is 9.87. The summed E-state index contributed by atoms with van der Waals surface area (Å²) in [5.74, 6) is 0. The SMILES string of the molecule is CC1(CNC(=O)Nc2cccc(Cn3nc4ccccn4c3=O)c2)Cc2ccccc2C1. The van der Waals surface area contributed by atoms with E-state index in [1.165, 1.54) is 20.2 Å². The minimum absolute atomic E-state index is 0.0210. The number of amides is 2. The molecule has 0 aliphatic heterocycles. The number of nitrogens with zero attached hydrogens (tertiary/aromatic N) is 3. The van der Waals surface area contributed by atoms with Gasteiger partial charge in [-0.3, -0.25) is 4.40 Å². The van der Waals surface area contributed by atoms with Gasteiger partial charge < -0.3 is 10.6 Å². The first-order chi connectivity index (χ1) is 15.5. The Labute approximate surface area is 185 Å². The van der Waals surface area contributed by atoms with Crippen LogP contribution in [-0.2, 0) is 19.4 Å². The maximum atomic E-state index is 12.5. The van der Waals surface area contributed by atoms with Crippen molar-refractivity contribution >= 4 is 17.4 Å². The second-order valence-corrected chi connectivity index (χ2v) is 8.81. The van der Waals surface area contributed by atoms with Crippen LogP contribution in [-0.4, -0.2) is 26.8 Å². The number of rotatable bonds is 5. The highest BCUT2D eigenvalue weighted by Crippen LogP contribution is 2.35. The first-order valence-electron chi connectivity index (χ1n) is 10.7. The highest BCUT2D eigenvalue weighted by atomic mass is 16.2. The third kappa shape index (κ3) is 4.01. The average molecular weight is 428 g/mol. The highest BCUT2D eigenvalue weighted by Gasteiger charge is 2.32. The Bertz CT molecular complexity index is 1330. The van der Waals surface area contributed by atoms with E-state index in [2.05, 4.69) is 46.9 Å². The minimum atomic E-state index is -0.232. The second kappa shape index (κ2) is 8.00. The summed E-state index contributed by atoms with van der Waals surface area (Å²) in [6.45, 7) is 3.14. The number of hydrogen-bond acceptors (Lipinski definition) is 3. The van der Waals surface area contributed by atoms with Gasteiger partial charge in [0.25, 0.3) is 0 Å². The molecule has 2 aromatic carbocycles. The van der Waals surface area contributed by atoms with Crippen LogP contribution < -0.4 is 16.3 Å². The lowest BCUT2D eigenvalue weighted by Crippen LogP contribution is -2.38. The molecule has 2 aromatic heterocycles. The van der Waals surface area contributed by atoms with E-state index in [1.807, 2.05) is 30.3 Å². The van der Waals surface area contributed by atoms with Gasteiger partial charge in [0, 0.05) is 18.4 Å². The van der Waals surface area contributed by atoms with Gasteiger partial charge in [-0.25, -0.2) is 14.3 Å². The van der Waals surface area contributed by atoms with Gasteiger partial charge in [0.2, 0.25) is 0 Å². The Morgan fingerprint density at radius 3 is 2.53 bits per heavy atom. The maximum Gasteiger partial charge on any atom is 0.350 e. The van der Waals surface area contributed by atoms with Crippen molar-refractivity contribution in [3.8, 4) is 0 Å². The largest absolute Gasteiger partial charge is 0.350 e. The molecule has 5 rings (SSSR count). The molecular weight excluding hydrogens is 402 g/mol. The van der Waals surface area contributed by atoms with E-state index in [0.717, 1.165) is 18.4 Å². The third-order valence-electron chi connectivity index (χ3n) is 6.03. The fourth-order valence-electron chi connectivity index (χ4n) is 4.47. The molecule has 2 N–H and O–H groups in total. The fraction of sp³-hybridized carbons (Fsp3) is 0.240. The van der Waals surface area contributed by atoms with Crippen LogP contribution in [0.3, 0.4) is 0 Å². The molecule has 2 amide bonds. The van der Waals surface area contributed by atoms with E-state index >= 15 is 0 Å². The van der Waals surface area contributed by atoms with E-state index in [4.69, 9.17) is 0 Å². The monoisotopic (exact) mass is 427 g/mol. The Morgan fingerprint density at radius 1 is 1.03 bits per heavy atom. The number of nitrogens with one attached hydrogen (secondary N) is 2. The number of anilines is 1. The number of pyridine rings is 1. The first-order valence-corrected chi connectivity index (χ1v) is 10.7. The van der Waals surface area contributed by atoms with Crippen LogP contribution in [0.1, 0.15) is 23.6 Å². The van der Waals surface area contributed by atoms with Gasteiger partial charge in [-0.2, -0.15) is 0 Å². The molecule has 32 heavy (non-hydrogen) atoms. The molecule has 4 aromatic rings. The van der Waals surface area contributed by atoms with Gasteiger partial charge in [0.1, 0.15) is 0 Å². The zero-order valence-electron chi connectivity index (χ0n) is 17.9. The topological polar surface area (TPSA) is 80.4 Å². The van der Waals surface area contributed by atoms with Crippen LogP contribution in [0.25, 0.3) is 5.65 Å². The van der Waals surface area contributed by atoms with Crippen LogP contribution in [0.4, 0.5) is 10.5 Å². The number of benzene rings is 2. The summed E-state index contributed by atoms with van der Waals surface area (Å²) < 4.78 is 2.94. The zero-order valence-corrected chi connectivity index (χ0v) is 17.9. The summed E-state index contributed by atoms with van der Waals surface area (Å²) in [5.41, 5.74) is 4.73. The van der Waals surface area contributed by atoms with E-state index in [1.54, 1.807) is 18.3 Å². The number of urea groups is 1. The Morgan fingerprint density at radius 2 is 1.78 bits per heavy atom. The molecule has 0 bridgehead atoms. The molecule has 1 aliphatic carbocycles. The van der Waals surface area contributed by atoms with Crippen molar-refractivity contribution in [3.63, 3.8) is 0 Å². The summed E-state index contributed by atoms with van der Waals surface area (Å²) in [5, 5.41) is 10.3. The van der Waals surface area contributed by atoms with Crippen LogP contribution in [0.2, 0.25) is 0 Å². The average Bonchev–Trinajstić information content (AvgIpc) is 3.29. The van der Waals surface area contributed by atoms with E-state index < -0.39 is 0 Å². The molecule has 1 aliphatic rings. The lowest BCUT2D eigenvalue weighted by Gasteiger charge is -2.24. The van der Waals surface area contributed by atoms with Crippen molar-refractivity contribution < 1.29 is 4.79 Å². The van der Waals surface area contributed by atoms with E-state index in [9.17, 15) is 9.59 Å². The van der Waals surface area contributed by atoms with Crippen molar-refractivity contribution in [1.82, 2.24) is 19.5 Å². The number of aromatic nitrogens is 3. The molecule has 2 heterocycles. The summed E-state index contributed by atoms with van der Waals surface area (Å²) in [7, 11) is 0. The predicted molar refractivity (Wildman–Crippen MR) is 124 cm³/mol. The molecule has 7 nitrogen and oxygen atoms in total. The quantitative estimate of drug-likeness (QED) is 0.512. The lowest BCUT2D eigenvalue weighted by molar-refractivity contribution is 0.243. The summed E-state index contributed by atoms with van der Waals surface area (Å²) in [4.78, 5) is 25.0. The van der Waals surface area contributed by atoms with Gasteiger partial charge in [0.05, 0.1) is 6.54 Å². The molecular formula is C25H25N5O2. The summed E-state index contributed by atoms with van der Waals surface area (Å²) >= 11 is 0. The number of fused-ring (bicyclic) bond motifs is 2. The van der Waals surface area contributed by atoms with Crippen LogP contribution in [0.5, 0.6) is 0 Å². The van der Waals surface area contributed by atoms with Crippen LogP contribution >= 0.6 is 0 Å². The molecule has 0 saturated carbocycles. The van der Waals surface area contributed by atoms with Crippen molar-refractivity contribution in [3.05, 3.63) is 100 Å². The summed E-state index contributed by atoms with van der Waals surface area (Å²) in [6.07, 6.45) is 3.63. The standard InChI is InChI=1S/C25H25N5O2/c1-25(14-19-8-2-3-9-20(19)15-25)17-26-23(31)27-21-10-6-7-18(13-21)16-30-24(32)29-12-5-4-11-22(29)28-30/h2-13H,14-17H2,1H3,(H2,26,27,31). The summed E-state index contributed by atoms with van der Waals surface area (Å²) in [6, 6.07) is 21.2. The minimum Gasteiger partial charge on any atom is -0.337 e. The Balaban J connectivity index is 1.22. The van der Waals surface area contributed by atoms with Crippen molar-refractivity contribution in [2.45, 2.75) is 26.3 Å². The molecule has 0 atom stereocenters. The smallest absolute Gasteiger partial charge is 0.337 e. The van der Waals surface area contributed by atoms with Gasteiger partial charge in [-0.05, 0) is 59.2 Å². The van der Waals surface area contributed by atoms with Gasteiger partial charge in [0.15, 0.2) is 5.65 Å². The van der Waals surface area contributed by atoms with Crippen molar-refractivity contribution in [1.29, 1.82) is 0 Å². The van der Waals surface area contributed by atoms with E-state index in [0.29, 0.717) is 24.4 Å². The number of hydrogen-bond donors (Lipinski definition) is 2. The second-order valence-electron chi connectivity index (χ2n) is 8.81. The first kappa shape index (κ1) is 20.1. The predicted octanol–water partition coefficient (Wildman–Crippen LogP) is 3.47. The molecule has 0 spiro atoms. The molecule has 7 heteroatoms. The van der Waals surface area contributed by atoms with E-state index in [-0.39, 0.29) is 17.1 Å². The Kier molecular flexibility index (Phi) is 5.01. The Hall–Kier alpha value is -3.87. The van der Waals surface area contributed by atoms with Crippen LogP contribution in [0, 0.1) is 5.41 Å². The molecule has 0 saturated heterocycles. The molecule has 162 valence electrons. The van der Waals surface area contributed by atoms with Crippen molar-refractivity contribution in [2.24, 2.45) is 5.41 Å². The van der Waals surface area contributed by atoms with Gasteiger partial charge >= 0.3 is 11.7 Å². The fourth-order valence-corrected chi connectivity index (χ4v) is 4.47. The third-order valence-corrected chi connectivity index (χ3v) is 6.03.